The molecule has 2 atom stereocenters. The molecule has 0 aliphatic heterocycles. The molecule has 1 aromatic carbocycles. The highest BCUT2D eigenvalue weighted by molar-refractivity contribution is 7.89. The third-order valence-corrected chi connectivity index (χ3v) is 4.70. The Morgan fingerprint density at radius 2 is 2.08 bits per heavy atom. The molecule has 0 aliphatic carbocycles. The van der Waals surface area contributed by atoms with Gasteiger partial charge in [0.1, 0.15) is 12.5 Å². The lowest BCUT2D eigenvalue weighted by Gasteiger charge is -2.16. The number of hydrogen-bond donors (Lipinski definition) is 1. The van der Waals surface area contributed by atoms with Gasteiger partial charge in [0.15, 0.2) is 6.10 Å². The van der Waals surface area contributed by atoms with E-state index in [1.807, 2.05) is 6.07 Å². The van der Waals surface area contributed by atoms with Crippen LogP contribution in [-0.2, 0) is 19.5 Å². The van der Waals surface area contributed by atoms with Gasteiger partial charge in [0.25, 0.3) is 0 Å². The summed E-state index contributed by atoms with van der Waals surface area (Å²) in [5.41, 5.74) is 0.802. The summed E-state index contributed by atoms with van der Waals surface area (Å²) in [6.07, 6.45) is 5.34. The van der Waals surface area contributed by atoms with Gasteiger partial charge in [-0.25, -0.2) is 13.1 Å². The topological polar surface area (TPSA) is 73.9 Å². The quantitative estimate of drug-likeness (QED) is 0.374. The third-order valence-electron chi connectivity index (χ3n) is 3.16. The normalized spacial score (nSPS) is 13.9. The lowest BCUT2D eigenvalue weighted by molar-refractivity contribution is -0.0298. The number of rotatable bonds is 11. The molecule has 0 saturated heterocycles. The van der Waals surface area contributed by atoms with Gasteiger partial charge in [0.05, 0.1) is 12.4 Å². The molecule has 7 heteroatoms. The second-order valence-electron chi connectivity index (χ2n) is 5.33. The molecule has 0 aromatic heterocycles. The van der Waals surface area contributed by atoms with Gasteiger partial charge in [0, 0.05) is 13.2 Å². The first kappa shape index (κ1) is 20.5. The van der Waals surface area contributed by atoms with E-state index in [0.29, 0.717) is 18.8 Å². The van der Waals surface area contributed by atoms with E-state index >= 15 is 0 Å². The van der Waals surface area contributed by atoms with Crippen molar-refractivity contribution < 1.29 is 22.6 Å². The van der Waals surface area contributed by atoms with Gasteiger partial charge in [-0.05, 0) is 38.0 Å². The molecule has 24 heavy (non-hydrogen) atoms. The number of ether oxygens (including phenoxy) is 3. The molecule has 1 aromatic rings. The van der Waals surface area contributed by atoms with Crippen molar-refractivity contribution in [3.8, 4) is 18.1 Å². The van der Waals surface area contributed by atoms with Gasteiger partial charge in [-0.15, -0.1) is 6.42 Å². The molecular formula is C17H25NO5S. The van der Waals surface area contributed by atoms with Crippen LogP contribution in [0, 0.1) is 12.3 Å². The molecule has 0 unspecified atom stereocenters. The summed E-state index contributed by atoms with van der Waals surface area (Å²) < 4.78 is 42.2. The van der Waals surface area contributed by atoms with E-state index in [0.717, 1.165) is 5.56 Å². The smallest absolute Gasteiger partial charge is 0.212 e. The molecule has 1 rings (SSSR count). The van der Waals surface area contributed by atoms with Crippen molar-refractivity contribution in [1.82, 2.24) is 4.72 Å². The number of benzene rings is 1. The summed E-state index contributed by atoms with van der Waals surface area (Å²) in [5, 5.41) is 0. The first-order chi connectivity index (χ1) is 11.4. The Morgan fingerprint density at radius 1 is 1.33 bits per heavy atom. The average molecular weight is 355 g/mol. The van der Waals surface area contributed by atoms with Crippen molar-refractivity contribution >= 4 is 10.0 Å². The summed E-state index contributed by atoms with van der Waals surface area (Å²) in [4.78, 5) is 0. The lowest BCUT2D eigenvalue weighted by atomic mass is 10.1. The fraction of sp³-hybridized carbons (Fsp3) is 0.529. The van der Waals surface area contributed by atoms with E-state index in [4.69, 9.17) is 20.6 Å². The van der Waals surface area contributed by atoms with E-state index in [1.54, 1.807) is 32.0 Å². The highest BCUT2D eigenvalue weighted by atomic mass is 32.2. The van der Waals surface area contributed by atoms with Gasteiger partial charge in [-0.2, -0.15) is 0 Å². The zero-order valence-electron chi connectivity index (χ0n) is 14.3. The van der Waals surface area contributed by atoms with Crippen LogP contribution in [0.15, 0.2) is 24.3 Å². The SMILES string of the molecule is C#C[C@@H](C)Oc1cccc([C@@H](C)NS(=O)(=O)CCCOCOC)c1. The Morgan fingerprint density at radius 3 is 2.75 bits per heavy atom. The maximum Gasteiger partial charge on any atom is 0.212 e. The Bertz CT molecular complexity index is 639. The van der Waals surface area contributed by atoms with Gasteiger partial charge in [0.2, 0.25) is 10.0 Å². The monoisotopic (exact) mass is 355 g/mol. The summed E-state index contributed by atoms with van der Waals surface area (Å²) in [7, 11) is -1.88. The van der Waals surface area contributed by atoms with E-state index < -0.39 is 10.0 Å². The van der Waals surface area contributed by atoms with Crippen molar-refractivity contribution in [1.29, 1.82) is 0 Å². The predicted octanol–water partition coefficient (Wildman–Crippen LogP) is 2.08. The minimum atomic E-state index is -3.40. The van der Waals surface area contributed by atoms with Crippen LogP contribution < -0.4 is 9.46 Å². The molecule has 0 saturated carbocycles. The molecule has 0 radical (unpaired) electrons. The van der Waals surface area contributed by atoms with Crippen molar-refractivity contribution in [2.45, 2.75) is 32.4 Å². The molecule has 1 N–H and O–H groups in total. The zero-order chi connectivity index (χ0) is 18.0. The van der Waals surface area contributed by atoms with Gasteiger partial charge >= 0.3 is 0 Å². The minimum Gasteiger partial charge on any atom is -0.478 e. The molecular weight excluding hydrogens is 330 g/mol. The van der Waals surface area contributed by atoms with Crippen molar-refractivity contribution in [3.63, 3.8) is 0 Å². The van der Waals surface area contributed by atoms with E-state index in [-0.39, 0.29) is 24.7 Å². The summed E-state index contributed by atoms with van der Waals surface area (Å²) in [5.74, 6) is 3.08. The van der Waals surface area contributed by atoms with Crippen LogP contribution >= 0.6 is 0 Å². The maximum atomic E-state index is 12.1. The van der Waals surface area contributed by atoms with Crippen LogP contribution in [0.3, 0.4) is 0 Å². The van der Waals surface area contributed by atoms with Crippen LogP contribution in [0.25, 0.3) is 0 Å². The van der Waals surface area contributed by atoms with Crippen LogP contribution in [0.5, 0.6) is 5.75 Å². The minimum absolute atomic E-state index is 0.00856. The molecule has 0 bridgehead atoms. The second-order valence-corrected chi connectivity index (χ2v) is 7.20. The molecule has 134 valence electrons. The van der Waals surface area contributed by atoms with Crippen molar-refractivity contribution in [2.75, 3.05) is 26.3 Å². The van der Waals surface area contributed by atoms with Gasteiger partial charge < -0.3 is 14.2 Å². The van der Waals surface area contributed by atoms with Crippen molar-refractivity contribution in [3.05, 3.63) is 29.8 Å². The largest absolute Gasteiger partial charge is 0.478 e. The standard InChI is InChI=1S/C17H25NO5S/c1-5-14(2)23-17-9-6-8-16(12-17)15(3)18-24(19,20)11-7-10-22-13-21-4/h1,6,8-9,12,14-15,18H,7,10-11,13H2,2-4H3/t14-,15-/m1/s1. The number of sulfonamides is 1. The Hall–Kier alpha value is -1.59. The first-order valence-electron chi connectivity index (χ1n) is 7.67. The fourth-order valence-corrected chi connectivity index (χ4v) is 3.28. The number of hydrogen-bond acceptors (Lipinski definition) is 5. The molecule has 0 heterocycles. The fourth-order valence-electron chi connectivity index (χ4n) is 1.98. The van der Waals surface area contributed by atoms with Crippen LogP contribution in [0.4, 0.5) is 0 Å². The zero-order valence-corrected chi connectivity index (χ0v) is 15.1. The highest BCUT2D eigenvalue weighted by Crippen LogP contribution is 2.20. The van der Waals surface area contributed by atoms with Crippen LogP contribution in [0.1, 0.15) is 31.9 Å². The lowest BCUT2D eigenvalue weighted by Crippen LogP contribution is -2.29. The van der Waals surface area contributed by atoms with E-state index in [2.05, 4.69) is 10.6 Å². The summed E-state index contributed by atoms with van der Waals surface area (Å²) in [6.45, 7) is 4.04. The molecule has 0 fully saturated rings. The first-order valence-corrected chi connectivity index (χ1v) is 9.32. The number of terminal acetylenes is 1. The predicted molar refractivity (Wildman–Crippen MR) is 93.1 cm³/mol. The van der Waals surface area contributed by atoms with Crippen molar-refractivity contribution in [2.24, 2.45) is 0 Å². The molecule has 6 nitrogen and oxygen atoms in total. The summed E-state index contributed by atoms with van der Waals surface area (Å²) >= 11 is 0. The average Bonchev–Trinajstić information content (AvgIpc) is 2.54. The molecule has 0 amide bonds. The van der Waals surface area contributed by atoms with E-state index in [9.17, 15) is 8.42 Å². The second kappa shape index (κ2) is 10.3. The van der Waals surface area contributed by atoms with Gasteiger partial charge in [-0.1, -0.05) is 18.1 Å². The van der Waals surface area contributed by atoms with Crippen LogP contribution in [-0.4, -0.2) is 40.8 Å². The third kappa shape index (κ3) is 7.79. The van der Waals surface area contributed by atoms with E-state index in [1.165, 1.54) is 7.11 Å². The number of methoxy groups -OCH3 is 1. The maximum absolute atomic E-state index is 12.1. The molecule has 0 aliphatic rings. The Labute approximate surface area is 144 Å². The Kier molecular flexibility index (Phi) is 8.79. The van der Waals surface area contributed by atoms with Gasteiger partial charge in [-0.3, -0.25) is 0 Å². The van der Waals surface area contributed by atoms with Crippen LogP contribution in [0.2, 0.25) is 0 Å². The number of nitrogens with one attached hydrogen (secondary N) is 1. The molecule has 0 spiro atoms. The highest BCUT2D eigenvalue weighted by Gasteiger charge is 2.16. The Balaban J connectivity index is 2.58. The summed E-state index contributed by atoms with van der Waals surface area (Å²) in [6, 6.07) is 6.83.